The van der Waals surface area contributed by atoms with Gasteiger partial charge in [-0.3, -0.25) is 9.78 Å². The summed E-state index contributed by atoms with van der Waals surface area (Å²) < 4.78 is 5.27. The highest BCUT2D eigenvalue weighted by molar-refractivity contribution is 6.07. The molecule has 0 aliphatic carbocycles. The van der Waals surface area contributed by atoms with Crippen LogP contribution >= 0.6 is 0 Å². The summed E-state index contributed by atoms with van der Waals surface area (Å²) in [6.07, 6.45) is 5.92. The van der Waals surface area contributed by atoms with Gasteiger partial charge in [0, 0.05) is 31.7 Å². The van der Waals surface area contributed by atoms with Gasteiger partial charge in [-0.2, -0.15) is 5.26 Å². The van der Waals surface area contributed by atoms with Gasteiger partial charge in [-0.15, -0.1) is 0 Å². The first-order valence-corrected chi connectivity index (χ1v) is 8.78. The minimum Gasteiger partial charge on any atom is -0.495 e. The van der Waals surface area contributed by atoms with E-state index in [1.54, 1.807) is 31.8 Å². The van der Waals surface area contributed by atoms with Crippen molar-refractivity contribution in [1.82, 2.24) is 9.88 Å². The number of carbonyl (C=O) groups excluding carboxylic acids is 1. The van der Waals surface area contributed by atoms with E-state index in [2.05, 4.69) is 10.3 Å². The first-order chi connectivity index (χ1) is 13.1. The van der Waals surface area contributed by atoms with Crippen LogP contribution in [-0.4, -0.2) is 36.0 Å². The van der Waals surface area contributed by atoms with Gasteiger partial charge in [-0.25, -0.2) is 0 Å². The minimum atomic E-state index is -0.455. The van der Waals surface area contributed by atoms with Crippen molar-refractivity contribution >= 4 is 11.6 Å². The molecule has 2 rings (SSSR count). The van der Waals surface area contributed by atoms with E-state index in [-0.39, 0.29) is 5.57 Å². The zero-order valence-corrected chi connectivity index (χ0v) is 15.9. The molecule has 6 nitrogen and oxygen atoms in total. The fraction of sp³-hybridized carbons (Fsp3) is 0.286. The molecule has 2 aromatic rings. The molecular formula is C21H24N4O2. The molecule has 0 unspecified atom stereocenters. The van der Waals surface area contributed by atoms with Gasteiger partial charge in [0.2, 0.25) is 0 Å². The van der Waals surface area contributed by atoms with Crippen molar-refractivity contribution in [2.75, 3.05) is 25.5 Å². The summed E-state index contributed by atoms with van der Waals surface area (Å²) in [5.41, 5.74) is 2.74. The molecular weight excluding hydrogens is 340 g/mol. The summed E-state index contributed by atoms with van der Waals surface area (Å²) in [5, 5.41) is 12.2. The highest BCUT2D eigenvalue weighted by Crippen LogP contribution is 2.25. The van der Waals surface area contributed by atoms with E-state index >= 15 is 0 Å². The van der Waals surface area contributed by atoms with Gasteiger partial charge in [-0.1, -0.05) is 6.07 Å². The third-order valence-electron chi connectivity index (χ3n) is 4.12. The topological polar surface area (TPSA) is 78.2 Å². The van der Waals surface area contributed by atoms with Crippen molar-refractivity contribution in [2.24, 2.45) is 0 Å². The SMILES string of the molecule is CCN(/C=C(/C#N)C(=O)Nc1cc(C)ccc1OC)CCc1ccncc1. The molecule has 0 bridgehead atoms. The van der Waals surface area contributed by atoms with E-state index < -0.39 is 5.91 Å². The van der Waals surface area contributed by atoms with Crippen LogP contribution < -0.4 is 10.1 Å². The number of hydrogen-bond acceptors (Lipinski definition) is 5. The van der Waals surface area contributed by atoms with Crippen molar-refractivity contribution in [3.05, 3.63) is 65.6 Å². The van der Waals surface area contributed by atoms with E-state index in [1.807, 2.05) is 49.1 Å². The molecule has 0 saturated carbocycles. The molecule has 0 fully saturated rings. The second-order valence-corrected chi connectivity index (χ2v) is 6.05. The molecule has 0 aliphatic rings. The Hall–Kier alpha value is -3.33. The van der Waals surface area contributed by atoms with Crippen molar-refractivity contribution in [1.29, 1.82) is 5.26 Å². The number of nitriles is 1. The van der Waals surface area contributed by atoms with E-state index in [4.69, 9.17) is 4.74 Å². The van der Waals surface area contributed by atoms with Crippen LogP contribution in [0.2, 0.25) is 0 Å². The molecule has 27 heavy (non-hydrogen) atoms. The summed E-state index contributed by atoms with van der Waals surface area (Å²) in [4.78, 5) is 18.5. The third-order valence-corrected chi connectivity index (χ3v) is 4.12. The zero-order valence-electron chi connectivity index (χ0n) is 15.9. The molecule has 1 aromatic heterocycles. The van der Waals surface area contributed by atoms with Gasteiger partial charge < -0.3 is 15.0 Å². The lowest BCUT2D eigenvalue weighted by molar-refractivity contribution is -0.112. The zero-order chi connectivity index (χ0) is 19.6. The normalized spacial score (nSPS) is 10.8. The van der Waals surface area contributed by atoms with Gasteiger partial charge in [0.15, 0.2) is 0 Å². The Morgan fingerprint density at radius 2 is 2.07 bits per heavy atom. The molecule has 1 heterocycles. The third kappa shape index (κ3) is 5.86. The number of nitrogens with zero attached hydrogens (tertiary/aromatic N) is 3. The number of benzene rings is 1. The smallest absolute Gasteiger partial charge is 0.267 e. The summed E-state index contributed by atoms with van der Waals surface area (Å²) >= 11 is 0. The fourth-order valence-electron chi connectivity index (χ4n) is 2.57. The maximum atomic E-state index is 12.6. The molecule has 0 saturated heterocycles. The molecule has 1 aromatic carbocycles. The fourth-order valence-corrected chi connectivity index (χ4v) is 2.57. The predicted molar refractivity (Wildman–Crippen MR) is 105 cm³/mol. The van der Waals surface area contributed by atoms with Crippen molar-refractivity contribution in [2.45, 2.75) is 20.3 Å². The Bertz CT molecular complexity index is 841. The van der Waals surface area contributed by atoms with Crippen LogP contribution in [-0.2, 0) is 11.2 Å². The Morgan fingerprint density at radius 3 is 2.70 bits per heavy atom. The van der Waals surface area contributed by atoms with Crippen molar-refractivity contribution in [3.8, 4) is 11.8 Å². The number of likely N-dealkylation sites (N-methyl/N-ethyl adjacent to an activating group) is 1. The maximum Gasteiger partial charge on any atom is 0.267 e. The Balaban J connectivity index is 2.10. The second-order valence-electron chi connectivity index (χ2n) is 6.05. The van der Waals surface area contributed by atoms with Gasteiger partial charge >= 0.3 is 0 Å². The largest absolute Gasteiger partial charge is 0.495 e. The molecule has 0 radical (unpaired) electrons. The maximum absolute atomic E-state index is 12.6. The van der Waals surface area contributed by atoms with E-state index in [9.17, 15) is 10.1 Å². The lowest BCUT2D eigenvalue weighted by Crippen LogP contribution is -2.23. The molecule has 0 spiro atoms. The average Bonchev–Trinajstić information content (AvgIpc) is 2.69. The molecule has 1 amide bonds. The predicted octanol–water partition coefficient (Wildman–Crippen LogP) is 3.31. The quantitative estimate of drug-likeness (QED) is 0.574. The van der Waals surface area contributed by atoms with Gasteiger partial charge in [0.1, 0.15) is 17.4 Å². The lowest BCUT2D eigenvalue weighted by Gasteiger charge is -2.19. The van der Waals surface area contributed by atoms with E-state index in [0.29, 0.717) is 24.5 Å². The van der Waals surface area contributed by atoms with Crippen LogP contribution in [0.25, 0.3) is 0 Å². The number of methoxy groups -OCH3 is 1. The lowest BCUT2D eigenvalue weighted by atomic mass is 10.2. The van der Waals surface area contributed by atoms with Crippen LogP contribution in [0.15, 0.2) is 54.5 Å². The number of nitrogens with one attached hydrogen (secondary N) is 1. The molecule has 1 N–H and O–H groups in total. The van der Waals surface area contributed by atoms with Crippen LogP contribution in [0.1, 0.15) is 18.1 Å². The Morgan fingerprint density at radius 1 is 1.33 bits per heavy atom. The van der Waals surface area contributed by atoms with Gasteiger partial charge in [0.05, 0.1) is 12.8 Å². The first kappa shape index (κ1) is 20.0. The Labute approximate surface area is 160 Å². The van der Waals surface area contributed by atoms with Gasteiger partial charge in [0.25, 0.3) is 5.91 Å². The standard InChI is InChI=1S/C21H24N4O2/c1-4-25(12-9-17-7-10-23-11-8-17)15-18(14-22)21(26)24-19-13-16(2)5-6-20(19)27-3/h5-8,10-11,13,15H,4,9,12H2,1-3H3,(H,24,26)/b18-15-. The van der Waals surface area contributed by atoms with Crippen LogP contribution in [0.5, 0.6) is 5.75 Å². The van der Waals surface area contributed by atoms with E-state index in [1.165, 1.54) is 0 Å². The number of aryl methyl sites for hydroxylation is 1. The number of anilines is 1. The second kappa shape index (κ2) is 9.97. The number of carbonyl (C=O) groups is 1. The monoisotopic (exact) mass is 364 g/mol. The highest BCUT2D eigenvalue weighted by atomic mass is 16.5. The molecule has 0 atom stereocenters. The number of ether oxygens (including phenoxy) is 1. The van der Waals surface area contributed by atoms with Crippen LogP contribution in [0.3, 0.4) is 0 Å². The number of pyridine rings is 1. The highest BCUT2D eigenvalue weighted by Gasteiger charge is 2.14. The van der Waals surface area contributed by atoms with Crippen LogP contribution in [0, 0.1) is 18.3 Å². The average molecular weight is 364 g/mol. The molecule has 6 heteroatoms. The van der Waals surface area contributed by atoms with Gasteiger partial charge in [-0.05, 0) is 55.7 Å². The van der Waals surface area contributed by atoms with E-state index in [0.717, 1.165) is 17.5 Å². The number of amides is 1. The van der Waals surface area contributed by atoms with Crippen molar-refractivity contribution < 1.29 is 9.53 Å². The molecule has 140 valence electrons. The number of aromatic nitrogens is 1. The minimum absolute atomic E-state index is 0.0511. The first-order valence-electron chi connectivity index (χ1n) is 8.78. The number of rotatable bonds is 8. The van der Waals surface area contributed by atoms with Crippen LogP contribution in [0.4, 0.5) is 5.69 Å². The molecule has 0 aliphatic heterocycles. The summed E-state index contributed by atoms with van der Waals surface area (Å²) in [7, 11) is 1.54. The van der Waals surface area contributed by atoms with Crippen molar-refractivity contribution in [3.63, 3.8) is 0 Å². The Kier molecular flexibility index (Phi) is 7.38. The summed E-state index contributed by atoms with van der Waals surface area (Å²) in [6, 6.07) is 11.4. The number of hydrogen-bond donors (Lipinski definition) is 1. The summed E-state index contributed by atoms with van der Waals surface area (Å²) in [6.45, 7) is 5.30. The summed E-state index contributed by atoms with van der Waals surface area (Å²) in [5.74, 6) is 0.0973.